The minimum Gasteiger partial charge on any atom is -0.454 e. The first-order valence-corrected chi connectivity index (χ1v) is 7.99. The summed E-state index contributed by atoms with van der Waals surface area (Å²) < 4.78 is 10.6. The van der Waals surface area contributed by atoms with E-state index in [0.717, 1.165) is 24.1 Å². The van der Waals surface area contributed by atoms with E-state index in [9.17, 15) is 9.59 Å². The van der Waals surface area contributed by atoms with E-state index in [2.05, 4.69) is 0 Å². The molecule has 122 valence electrons. The van der Waals surface area contributed by atoms with Gasteiger partial charge in [0.2, 0.25) is 6.79 Å². The highest BCUT2D eigenvalue weighted by molar-refractivity contribution is 6.07. The maximum atomic E-state index is 12.9. The van der Waals surface area contributed by atoms with E-state index in [1.165, 1.54) is 0 Å². The predicted octanol–water partition coefficient (Wildman–Crippen LogP) is 3.21. The molecule has 0 fully saturated rings. The average molecular weight is 323 g/mol. The van der Waals surface area contributed by atoms with Crippen molar-refractivity contribution in [1.82, 2.24) is 0 Å². The van der Waals surface area contributed by atoms with Crippen molar-refractivity contribution in [3.8, 4) is 11.5 Å². The van der Waals surface area contributed by atoms with E-state index in [1.54, 1.807) is 36.1 Å². The fourth-order valence-electron chi connectivity index (χ4n) is 3.21. The maximum Gasteiger partial charge on any atom is 0.258 e. The van der Waals surface area contributed by atoms with Crippen molar-refractivity contribution >= 4 is 17.4 Å². The second kappa shape index (κ2) is 5.67. The molecule has 2 aliphatic heterocycles. The molecule has 1 amide bonds. The van der Waals surface area contributed by atoms with Gasteiger partial charge in [-0.1, -0.05) is 0 Å². The fraction of sp³-hybridized carbons (Fsp3) is 0.263. The lowest BCUT2D eigenvalue weighted by atomic mass is 9.97. The maximum absolute atomic E-state index is 12.9. The highest BCUT2D eigenvalue weighted by Gasteiger charge is 2.25. The van der Waals surface area contributed by atoms with Crippen LogP contribution in [0.5, 0.6) is 11.5 Å². The smallest absolute Gasteiger partial charge is 0.258 e. The minimum atomic E-state index is -0.0650. The number of benzene rings is 2. The third-order valence-corrected chi connectivity index (χ3v) is 4.47. The molecule has 0 N–H and O–H groups in total. The molecule has 0 unspecified atom stereocenters. The molecule has 2 heterocycles. The first kappa shape index (κ1) is 14.8. The topological polar surface area (TPSA) is 55.8 Å². The molecular weight excluding hydrogens is 306 g/mol. The normalized spacial score (nSPS) is 15.1. The lowest BCUT2D eigenvalue weighted by Gasteiger charge is -2.30. The number of anilines is 1. The van der Waals surface area contributed by atoms with E-state index in [1.807, 2.05) is 12.1 Å². The van der Waals surface area contributed by atoms with Gasteiger partial charge < -0.3 is 14.4 Å². The number of ketones is 1. The third kappa shape index (κ3) is 2.42. The van der Waals surface area contributed by atoms with Crippen LogP contribution >= 0.6 is 0 Å². The zero-order valence-electron chi connectivity index (χ0n) is 13.4. The number of carbonyl (C=O) groups is 2. The van der Waals surface area contributed by atoms with Crippen molar-refractivity contribution in [2.75, 3.05) is 18.2 Å². The summed E-state index contributed by atoms with van der Waals surface area (Å²) in [5, 5.41) is 0. The molecule has 24 heavy (non-hydrogen) atoms. The molecule has 0 saturated carbocycles. The van der Waals surface area contributed by atoms with Gasteiger partial charge in [0.05, 0.1) is 0 Å². The molecule has 2 aromatic carbocycles. The predicted molar refractivity (Wildman–Crippen MR) is 89.0 cm³/mol. The van der Waals surface area contributed by atoms with Crippen LogP contribution in [0.3, 0.4) is 0 Å². The number of aryl methyl sites for hydroxylation is 1. The van der Waals surface area contributed by atoms with Crippen molar-refractivity contribution in [3.05, 3.63) is 53.1 Å². The van der Waals surface area contributed by atoms with Gasteiger partial charge in [-0.25, -0.2) is 0 Å². The van der Waals surface area contributed by atoms with Crippen molar-refractivity contribution in [1.29, 1.82) is 0 Å². The van der Waals surface area contributed by atoms with E-state index < -0.39 is 0 Å². The van der Waals surface area contributed by atoms with Crippen molar-refractivity contribution < 1.29 is 19.1 Å². The van der Waals surface area contributed by atoms with Crippen LogP contribution in [0.25, 0.3) is 0 Å². The zero-order chi connectivity index (χ0) is 16.7. The Hall–Kier alpha value is -2.82. The second-order valence-electron chi connectivity index (χ2n) is 6.03. The summed E-state index contributed by atoms with van der Waals surface area (Å²) in [6.45, 7) is 2.41. The Bertz CT molecular complexity index is 843. The summed E-state index contributed by atoms with van der Waals surface area (Å²) in [5.74, 6) is 1.24. The number of hydrogen-bond acceptors (Lipinski definition) is 4. The van der Waals surface area contributed by atoms with Crippen LogP contribution < -0.4 is 14.4 Å². The third-order valence-electron chi connectivity index (χ3n) is 4.47. The van der Waals surface area contributed by atoms with Gasteiger partial charge in [-0.2, -0.15) is 0 Å². The molecule has 0 radical (unpaired) electrons. The summed E-state index contributed by atoms with van der Waals surface area (Å²) in [5.41, 5.74) is 3.19. The molecule has 2 aromatic rings. The molecule has 4 rings (SSSR count). The molecule has 5 nitrogen and oxygen atoms in total. The SMILES string of the molecule is CC(=O)c1ccc2c(c1)CCCN2C(=O)c1ccc2c(c1)OCO2. The van der Waals surface area contributed by atoms with E-state index in [0.29, 0.717) is 29.2 Å². The van der Waals surface area contributed by atoms with Crippen LogP contribution in [0.2, 0.25) is 0 Å². The molecule has 0 aromatic heterocycles. The highest BCUT2D eigenvalue weighted by atomic mass is 16.7. The van der Waals surface area contributed by atoms with E-state index in [4.69, 9.17) is 9.47 Å². The van der Waals surface area contributed by atoms with Crippen molar-refractivity contribution in [2.45, 2.75) is 19.8 Å². The number of carbonyl (C=O) groups excluding carboxylic acids is 2. The Morgan fingerprint density at radius 2 is 1.79 bits per heavy atom. The van der Waals surface area contributed by atoms with Gasteiger partial charge in [-0.15, -0.1) is 0 Å². The van der Waals surface area contributed by atoms with Crippen molar-refractivity contribution in [3.63, 3.8) is 0 Å². The van der Waals surface area contributed by atoms with Crippen molar-refractivity contribution in [2.24, 2.45) is 0 Å². The standard InChI is InChI=1S/C19H17NO4/c1-12(21)13-4-6-16-14(9-13)3-2-8-20(16)19(22)15-5-7-17-18(10-15)24-11-23-17/h4-7,9-10H,2-3,8,11H2,1H3. The van der Waals surface area contributed by atoms with Crippen LogP contribution in [0.15, 0.2) is 36.4 Å². The van der Waals surface area contributed by atoms with Gasteiger partial charge >= 0.3 is 0 Å². The summed E-state index contributed by atoms with van der Waals surface area (Å²) in [6.07, 6.45) is 1.76. The molecular formula is C19H17NO4. The quantitative estimate of drug-likeness (QED) is 0.796. The molecule has 0 bridgehead atoms. The second-order valence-corrected chi connectivity index (χ2v) is 6.03. The van der Waals surface area contributed by atoms with Gasteiger partial charge in [0.1, 0.15) is 0 Å². The molecule has 5 heteroatoms. The Morgan fingerprint density at radius 1 is 1.00 bits per heavy atom. The lowest BCUT2D eigenvalue weighted by molar-refractivity contribution is 0.0983. The van der Waals surface area contributed by atoms with Gasteiger partial charge in [0.15, 0.2) is 17.3 Å². The Kier molecular flexibility index (Phi) is 3.49. The van der Waals surface area contributed by atoms with Gasteiger partial charge in [0.25, 0.3) is 5.91 Å². The van der Waals surface area contributed by atoms with Crippen LogP contribution in [0, 0.1) is 0 Å². The minimum absolute atomic E-state index is 0.0389. The van der Waals surface area contributed by atoms with Crippen LogP contribution in [0.4, 0.5) is 5.69 Å². The number of rotatable bonds is 2. The lowest BCUT2D eigenvalue weighted by Crippen LogP contribution is -2.35. The zero-order valence-corrected chi connectivity index (χ0v) is 13.4. The first-order chi connectivity index (χ1) is 11.6. The molecule has 0 spiro atoms. The summed E-state index contributed by atoms with van der Waals surface area (Å²) in [4.78, 5) is 26.3. The summed E-state index contributed by atoms with van der Waals surface area (Å²) in [7, 11) is 0. The number of ether oxygens (including phenoxy) is 2. The number of amides is 1. The van der Waals surface area contributed by atoms with Crippen LogP contribution in [-0.4, -0.2) is 25.0 Å². The van der Waals surface area contributed by atoms with Crippen LogP contribution in [-0.2, 0) is 6.42 Å². The van der Waals surface area contributed by atoms with E-state index >= 15 is 0 Å². The summed E-state index contributed by atoms with van der Waals surface area (Å²) in [6, 6.07) is 10.8. The molecule has 0 atom stereocenters. The Labute approximate surface area is 139 Å². The number of hydrogen-bond donors (Lipinski definition) is 0. The number of Topliss-reactive ketones (excluding diaryl/α,β-unsaturated/α-hetero) is 1. The molecule has 0 saturated heterocycles. The van der Waals surface area contributed by atoms with Crippen LogP contribution in [0.1, 0.15) is 39.6 Å². The van der Waals surface area contributed by atoms with E-state index in [-0.39, 0.29) is 18.5 Å². The molecule has 0 aliphatic carbocycles. The highest BCUT2D eigenvalue weighted by Crippen LogP contribution is 2.34. The fourth-order valence-corrected chi connectivity index (χ4v) is 3.21. The summed E-state index contributed by atoms with van der Waals surface area (Å²) >= 11 is 0. The average Bonchev–Trinajstić information content (AvgIpc) is 3.07. The number of nitrogens with zero attached hydrogens (tertiary/aromatic N) is 1. The van der Waals surface area contributed by atoms with Gasteiger partial charge in [-0.05, 0) is 61.7 Å². The number of fused-ring (bicyclic) bond motifs is 2. The van der Waals surface area contributed by atoms with Gasteiger partial charge in [-0.3, -0.25) is 9.59 Å². The van der Waals surface area contributed by atoms with Gasteiger partial charge in [0, 0.05) is 23.4 Å². The largest absolute Gasteiger partial charge is 0.454 e. The first-order valence-electron chi connectivity index (χ1n) is 7.99. The molecule has 2 aliphatic rings. The Morgan fingerprint density at radius 3 is 2.62 bits per heavy atom. The monoisotopic (exact) mass is 323 g/mol. The Balaban J connectivity index is 1.68.